The predicted octanol–water partition coefficient (Wildman–Crippen LogP) is 4.07. The number of methoxy groups -OCH3 is 2. The van der Waals surface area contributed by atoms with Crippen molar-refractivity contribution in [3.63, 3.8) is 0 Å². The molecule has 0 aliphatic rings. The summed E-state index contributed by atoms with van der Waals surface area (Å²) in [5, 5.41) is 0. The van der Waals surface area contributed by atoms with Crippen molar-refractivity contribution in [3.05, 3.63) is 96.2 Å². The minimum Gasteiger partial charge on any atom is -0.493 e. The Hall–Kier alpha value is -4.76. The molecule has 0 amide bonds. The maximum atomic E-state index is 6.12. The number of hydrogen-bond donors (Lipinski definition) is 1. The molecule has 9 heteroatoms. The Bertz CT molecular complexity index is 1440. The molecule has 0 fully saturated rings. The van der Waals surface area contributed by atoms with Crippen LogP contribution in [-0.2, 0) is 13.1 Å². The van der Waals surface area contributed by atoms with E-state index in [-0.39, 0.29) is 11.4 Å². The van der Waals surface area contributed by atoms with Gasteiger partial charge in [0.05, 0.1) is 26.1 Å². The molecular formula is C28H28N6O3. The fourth-order valence-electron chi connectivity index (χ4n) is 4.08. The molecule has 188 valence electrons. The second-order valence-corrected chi connectivity index (χ2v) is 8.23. The minimum atomic E-state index is 0. The molecule has 0 radical (unpaired) electrons. The first-order chi connectivity index (χ1) is 17.6. The van der Waals surface area contributed by atoms with Gasteiger partial charge in [-0.05, 0) is 29.3 Å². The van der Waals surface area contributed by atoms with Gasteiger partial charge in [-0.3, -0.25) is 0 Å². The van der Waals surface area contributed by atoms with Crippen LogP contribution in [0.1, 0.15) is 11.1 Å². The molecule has 0 bridgehead atoms. The van der Waals surface area contributed by atoms with Crippen LogP contribution in [0.2, 0.25) is 0 Å². The summed E-state index contributed by atoms with van der Waals surface area (Å²) in [5.74, 6) is 2.03. The third-order valence-corrected chi connectivity index (χ3v) is 5.82. The largest absolute Gasteiger partial charge is 0.493 e. The van der Waals surface area contributed by atoms with Crippen LogP contribution in [0.5, 0.6) is 11.5 Å². The van der Waals surface area contributed by atoms with Gasteiger partial charge in [0.15, 0.2) is 28.5 Å². The lowest BCUT2D eigenvalue weighted by Gasteiger charge is -2.25. The van der Waals surface area contributed by atoms with Crippen LogP contribution < -0.4 is 20.1 Å². The summed E-state index contributed by atoms with van der Waals surface area (Å²) in [7, 11) is 3.21. The van der Waals surface area contributed by atoms with E-state index >= 15 is 0 Å². The van der Waals surface area contributed by atoms with Crippen molar-refractivity contribution >= 4 is 22.9 Å². The Morgan fingerprint density at radius 1 is 0.757 bits per heavy atom. The molecule has 4 N–H and O–H groups in total. The van der Waals surface area contributed by atoms with Gasteiger partial charge >= 0.3 is 0 Å². The van der Waals surface area contributed by atoms with Gasteiger partial charge in [0.2, 0.25) is 5.95 Å². The number of hydrogen-bond acceptors (Lipinski definition) is 8. The molecular weight excluding hydrogens is 468 g/mol. The summed E-state index contributed by atoms with van der Waals surface area (Å²) >= 11 is 0. The first-order valence-electron chi connectivity index (χ1n) is 11.5. The highest BCUT2D eigenvalue weighted by Gasteiger charge is 2.19. The van der Waals surface area contributed by atoms with Crippen molar-refractivity contribution in [2.45, 2.75) is 13.1 Å². The van der Waals surface area contributed by atoms with Crippen LogP contribution in [0, 0.1) is 0 Å². The van der Waals surface area contributed by atoms with Crippen LogP contribution >= 0.6 is 0 Å². The van der Waals surface area contributed by atoms with Crippen molar-refractivity contribution in [2.75, 3.05) is 24.9 Å². The van der Waals surface area contributed by atoms with Gasteiger partial charge in [-0.1, -0.05) is 60.7 Å². The van der Waals surface area contributed by atoms with Gasteiger partial charge in [0, 0.05) is 18.7 Å². The van der Waals surface area contributed by atoms with Gasteiger partial charge in [-0.25, -0.2) is 9.97 Å². The molecule has 3 aromatic carbocycles. The maximum Gasteiger partial charge on any atom is 0.224 e. The molecule has 2 heterocycles. The Morgan fingerprint density at radius 2 is 1.38 bits per heavy atom. The molecule has 5 aromatic rings. The van der Waals surface area contributed by atoms with E-state index in [0.29, 0.717) is 47.3 Å². The van der Waals surface area contributed by atoms with Crippen LogP contribution in [0.3, 0.4) is 0 Å². The van der Waals surface area contributed by atoms with Crippen molar-refractivity contribution in [2.24, 2.45) is 0 Å². The van der Waals surface area contributed by atoms with Gasteiger partial charge < -0.3 is 25.6 Å². The molecule has 0 spiro atoms. The van der Waals surface area contributed by atoms with Crippen molar-refractivity contribution < 1.29 is 14.9 Å². The van der Waals surface area contributed by atoms with E-state index in [0.717, 1.165) is 16.7 Å². The number of aromatic nitrogens is 4. The number of nitrogen functional groups attached to an aromatic ring is 1. The third kappa shape index (κ3) is 5.57. The molecule has 0 aliphatic heterocycles. The van der Waals surface area contributed by atoms with Gasteiger partial charge in [0.1, 0.15) is 0 Å². The average molecular weight is 497 g/mol. The van der Waals surface area contributed by atoms with Crippen molar-refractivity contribution in [3.8, 4) is 22.8 Å². The summed E-state index contributed by atoms with van der Waals surface area (Å²) in [4.78, 5) is 20.7. The van der Waals surface area contributed by atoms with Crippen LogP contribution in [0.25, 0.3) is 22.4 Å². The second-order valence-electron chi connectivity index (χ2n) is 8.23. The molecule has 0 saturated heterocycles. The smallest absolute Gasteiger partial charge is 0.224 e. The number of nitrogens with zero attached hydrogens (tertiary/aromatic N) is 5. The highest BCUT2D eigenvalue weighted by atomic mass is 16.5. The van der Waals surface area contributed by atoms with E-state index < -0.39 is 0 Å². The topological polar surface area (TPSA) is 131 Å². The molecule has 0 atom stereocenters. The van der Waals surface area contributed by atoms with E-state index in [1.807, 2.05) is 54.6 Å². The number of ether oxygens (including phenoxy) is 2. The van der Waals surface area contributed by atoms with Crippen molar-refractivity contribution in [1.29, 1.82) is 0 Å². The molecule has 5 rings (SSSR count). The SMILES string of the molecule is COc1ccc(-c2cnc3nc(N)nc(N(Cc4ccccc4)Cc4ccccc4)c3n2)cc1OC.O. The Kier molecular flexibility index (Phi) is 7.75. The average Bonchev–Trinajstić information content (AvgIpc) is 2.92. The fourth-order valence-corrected chi connectivity index (χ4v) is 4.08. The molecule has 2 aromatic heterocycles. The lowest BCUT2D eigenvalue weighted by molar-refractivity contribution is 0.355. The number of rotatable bonds is 8. The molecule has 0 unspecified atom stereocenters. The predicted molar refractivity (Wildman–Crippen MR) is 144 cm³/mol. The standard InChI is InChI=1S/C28H26N6O2.H2O/c1-35-23-14-13-21(15-24(23)36-2)22-16-30-26-25(31-22)27(33-28(29)32-26)34(17-19-9-5-3-6-10-19)18-20-11-7-4-8-12-20;/h3-16H,17-18H2,1-2H3,(H2,29,30,32,33);1H2. The highest BCUT2D eigenvalue weighted by molar-refractivity contribution is 5.86. The Labute approximate surface area is 214 Å². The van der Waals surface area contributed by atoms with Crippen LogP contribution in [0.4, 0.5) is 11.8 Å². The van der Waals surface area contributed by atoms with Crippen molar-refractivity contribution in [1.82, 2.24) is 19.9 Å². The first kappa shape index (κ1) is 25.3. The van der Waals surface area contributed by atoms with Gasteiger partial charge in [0.25, 0.3) is 0 Å². The molecule has 37 heavy (non-hydrogen) atoms. The summed E-state index contributed by atoms with van der Waals surface area (Å²) in [6.45, 7) is 1.23. The Morgan fingerprint density at radius 3 is 1.97 bits per heavy atom. The fraction of sp³-hybridized carbons (Fsp3) is 0.143. The quantitative estimate of drug-likeness (QED) is 0.340. The van der Waals surface area contributed by atoms with E-state index in [9.17, 15) is 0 Å². The first-order valence-corrected chi connectivity index (χ1v) is 11.5. The van der Waals surface area contributed by atoms with E-state index in [1.165, 1.54) is 0 Å². The summed E-state index contributed by atoms with van der Waals surface area (Å²) in [5.41, 5.74) is 10.9. The van der Waals surface area contributed by atoms with Gasteiger partial charge in [-0.2, -0.15) is 9.97 Å². The summed E-state index contributed by atoms with van der Waals surface area (Å²) < 4.78 is 10.8. The number of anilines is 2. The number of fused-ring (bicyclic) bond motifs is 1. The maximum absolute atomic E-state index is 6.12. The molecule has 0 saturated carbocycles. The third-order valence-electron chi connectivity index (χ3n) is 5.82. The lowest BCUT2D eigenvalue weighted by Crippen LogP contribution is -2.24. The van der Waals surface area contributed by atoms with Gasteiger partial charge in [-0.15, -0.1) is 0 Å². The van der Waals surface area contributed by atoms with Crippen LogP contribution in [-0.4, -0.2) is 39.6 Å². The zero-order valence-corrected chi connectivity index (χ0v) is 20.6. The molecule has 0 aliphatic carbocycles. The molecule has 9 nitrogen and oxygen atoms in total. The van der Waals surface area contributed by atoms with E-state index in [1.54, 1.807) is 20.4 Å². The second kappa shape index (κ2) is 11.3. The summed E-state index contributed by atoms with van der Waals surface area (Å²) in [6.07, 6.45) is 1.68. The normalized spacial score (nSPS) is 10.5. The summed E-state index contributed by atoms with van der Waals surface area (Å²) in [6, 6.07) is 26.1. The highest BCUT2D eigenvalue weighted by Crippen LogP contribution is 2.33. The van der Waals surface area contributed by atoms with E-state index in [4.69, 9.17) is 20.2 Å². The van der Waals surface area contributed by atoms with Crippen LogP contribution in [0.15, 0.2) is 85.1 Å². The monoisotopic (exact) mass is 496 g/mol. The van der Waals surface area contributed by atoms with E-state index in [2.05, 4.69) is 44.1 Å². The zero-order chi connectivity index (χ0) is 24.9. The lowest BCUT2D eigenvalue weighted by atomic mass is 10.1. The zero-order valence-electron chi connectivity index (χ0n) is 20.6. The minimum absolute atomic E-state index is 0. The number of nitrogens with two attached hydrogens (primary N) is 1. The Balaban J connectivity index is 0.00000320. The number of benzene rings is 3.